The van der Waals surface area contributed by atoms with E-state index in [1.54, 1.807) is 4.90 Å². The predicted octanol–water partition coefficient (Wildman–Crippen LogP) is 5.15. The van der Waals surface area contributed by atoms with Gasteiger partial charge in [0.15, 0.2) is 0 Å². The first-order valence-corrected chi connectivity index (χ1v) is 8.94. The van der Waals surface area contributed by atoms with Crippen molar-refractivity contribution in [1.29, 1.82) is 0 Å². The van der Waals surface area contributed by atoms with Crippen LogP contribution in [0.3, 0.4) is 0 Å². The van der Waals surface area contributed by atoms with Gasteiger partial charge in [0.05, 0.1) is 11.1 Å². The summed E-state index contributed by atoms with van der Waals surface area (Å²) in [5, 5.41) is 2.62. The summed E-state index contributed by atoms with van der Waals surface area (Å²) in [6.45, 7) is 0.688. The highest BCUT2D eigenvalue weighted by atomic mass is 35.5. The Morgan fingerprint density at radius 1 is 1.07 bits per heavy atom. The molecule has 152 valence electrons. The molecule has 0 aromatic heterocycles. The fourth-order valence-electron chi connectivity index (χ4n) is 3.15. The minimum atomic E-state index is -4.88. The van der Waals surface area contributed by atoms with E-state index in [1.807, 2.05) is 0 Å². The van der Waals surface area contributed by atoms with Crippen LogP contribution in [0.2, 0.25) is 0 Å². The Labute approximate surface area is 157 Å². The standard InChI is InChI=1S/C17H19ClF6N2O/c18-10-15(27)26-6-2-1-3-14(26)4-5-25-13-8-11(16(19,20)21)7-12(9-13)17(22,23)24/h7-9,14,25H,1-6,10H2. The Kier molecular flexibility index (Phi) is 6.88. The number of carbonyl (C=O) groups excluding carboxylic acids is 1. The number of hydrogen-bond acceptors (Lipinski definition) is 2. The normalized spacial score (nSPS) is 18.5. The van der Waals surface area contributed by atoms with Crippen LogP contribution in [0.25, 0.3) is 0 Å². The lowest BCUT2D eigenvalue weighted by atomic mass is 9.99. The van der Waals surface area contributed by atoms with Gasteiger partial charge in [-0.25, -0.2) is 0 Å². The number of hydrogen-bond donors (Lipinski definition) is 1. The summed E-state index contributed by atoms with van der Waals surface area (Å²) in [6.07, 6.45) is -6.90. The molecule has 0 spiro atoms. The fourth-order valence-corrected chi connectivity index (χ4v) is 3.30. The van der Waals surface area contributed by atoms with Gasteiger partial charge in [-0.05, 0) is 43.9 Å². The SMILES string of the molecule is O=C(CCl)N1CCCCC1CCNc1cc(C(F)(F)F)cc(C(F)(F)F)c1. The number of nitrogens with one attached hydrogen (secondary N) is 1. The number of amides is 1. The fraction of sp³-hybridized carbons (Fsp3) is 0.588. The lowest BCUT2D eigenvalue weighted by Gasteiger charge is -2.35. The number of alkyl halides is 7. The number of halogens is 7. The van der Waals surface area contributed by atoms with Crippen molar-refractivity contribution < 1.29 is 31.1 Å². The van der Waals surface area contributed by atoms with Gasteiger partial charge in [0, 0.05) is 24.8 Å². The van der Waals surface area contributed by atoms with Gasteiger partial charge in [-0.15, -0.1) is 11.6 Å². The molecule has 3 nitrogen and oxygen atoms in total. The minimum Gasteiger partial charge on any atom is -0.385 e. The zero-order valence-electron chi connectivity index (χ0n) is 14.3. The summed E-state index contributed by atoms with van der Waals surface area (Å²) >= 11 is 5.58. The third-order valence-electron chi connectivity index (χ3n) is 4.46. The zero-order valence-corrected chi connectivity index (χ0v) is 15.0. The van der Waals surface area contributed by atoms with Crippen LogP contribution in [0.4, 0.5) is 32.0 Å². The molecule has 0 bridgehead atoms. The molecule has 27 heavy (non-hydrogen) atoms. The lowest BCUT2D eigenvalue weighted by Crippen LogP contribution is -2.45. The largest absolute Gasteiger partial charge is 0.416 e. The molecule has 1 aromatic carbocycles. The molecule has 1 aliphatic heterocycles. The van der Waals surface area contributed by atoms with Crippen LogP contribution in [-0.4, -0.2) is 35.8 Å². The van der Waals surface area contributed by atoms with Crippen molar-refractivity contribution in [2.24, 2.45) is 0 Å². The van der Waals surface area contributed by atoms with E-state index in [4.69, 9.17) is 11.6 Å². The monoisotopic (exact) mass is 416 g/mol. The van der Waals surface area contributed by atoms with E-state index in [9.17, 15) is 31.1 Å². The number of likely N-dealkylation sites (tertiary alicyclic amines) is 1. The second kappa shape index (κ2) is 8.58. The molecule has 10 heteroatoms. The predicted molar refractivity (Wildman–Crippen MR) is 89.6 cm³/mol. The summed E-state index contributed by atoms with van der Waals surface area (Å²) in [5.41, 5.74) is -2.99. The van der Waals surface area contributed by atoms with E-state index in [2.05, 4.69) is 5.32 Å². The van der Waals surface area contributed by atoms with Gasteiger partial charge in [-0.1, -0.05) is 0 Å². The van der Waals surface area contributed by atoms with Gasteiger partial charge in [0.25, 0.3) is 0 Å². The van der Waals surface area contributed by atoms with Crippen molar-refractivity contribution in [3.8, 4) is 0 Å². The highest BCUT2D eigenvalue weighted by Crippen LogP contribution is 2.37. The number of anilines is 1. The summed E-state index contributed by atoms with van der Waals surface area (Å²) in [7, 11) is 0. The number of benzene rings is 1. The van der Waals surface area contributed by atoms with E-state index in [-0.39, 0.29) is 36.1 Å². The summed E-state index contributed by atoms with van der Waals surface area (Å²) in [4.78, 5) is 13.5. The minimum absolute atomic E-state index is 0.0905. The Morgan fingerprint density at radius 3 is 2.19 bits per heavy atom. The average molecular weight is 417 g/mol. The van der Waals surface area contributed by atoms with Crippen LogP contribution in [0.5, 0.6) is 0 Å². The van der Waals surface area contributed by atoms with Crippen molar-refractivity contribution >= 4 is 23.2 Å². The van der Waals surface area contributed by atoms with Crippen LogP contribution in [-0.2, 0) is 17.1 Å². The highest BCUT2D eigenvalue weighted by Gasteiger charge is 2.37. The summed E-state index contributed by atoms with van der Waals surface area (Å²) in [6, 6.07) is 1.26. The third kappa shape index (κ3) is 5.92. The molecule has 1 amide bonds. The maximum Gasteiger partial charge on any atom is 0.416 e. The first-order chi connectivity index (χ1) is 12.5. The smallest absolute Gasteiger partial charge is 0.385 e. The highest BCUT2D eigenvalue weighted by molar-refractivity contribution is 6.27. The van der Waals surface area contributed by atoms with E-state index in [0.717, 1.165) is 19.3 Å². The quantitative estimate of drug-likeness (QED) is 0.532. The van der Waals surface area contributed by atoms with Crippen molar-refractivity contribution in [2.45, 2.75) is 44.1 Å². The zero-order chi connectivity index (χ0) is 20.2. The Bertz CT molecular complexity index is 630. The molecular formula is C17H19ClF6N2O. The Morgan fingerprint density at radius 2 is 1.67 bits per heavy atom. The number of nitrogens with zero attached hydrogens (tertiary/aromatic N) is 1. The second-order valence-electron chi connectivity index (χ2n) is 6.38. The molecule has 0 radical (unpaired) electrons. The van der Waals surface area contributed by atoms with Crippen LogP contribution in [0.15, 0.2) is 18.2 Å². The Hall–Kier alpha value is -1.64. The molecule has 1 atom stereocenters. The van der Waals surface area contributed by atoms with Gasteiger partial charge in [-0.2, -0.15) is 26.3 Å². The number of rotatable bonds is 5. The number of carbonyl (C=O) groups is 1. The molecule has 1 aromatic rings. The Balaban J connectivity index is 2.09. The van der Waals surface area contributed by atoms with Crippen LogP contribution in [0, 0.1) is 0 Å². The molecule has 0 aliphatic carbocycles. The molecule has 1 heterocycles. The second-order valence-corrected chi connectivity index (χ2v) is 6.65. The van der Waals surface area contributed by atoms with Crippen molar-refractivity contribution in [3.05, 3.63) is 29.3 Å². The first-order valence-electron chi connectivity index (χ1n) is 8.41. The molecule has 1 fully saturated rings. The van der Waals surface area contributed by atoms with Crippen molar-refractivity contribution in [2.75, 3.05) is 24.3 Å². The van der Waals surface area contributed by atoms with Crippen molar-refractivity contribution in [3.63, 3.8) is 0 Å². The van der Waals surface area contributed by atoms with Crippen LogP contribution < -0.4 is 5.32 Å². The molecule has 1 N–H and O–H groups in total. The van der Waals surface area contributed by atoms with Gasteiger partial charge in [-0.3, -0.25) is 4.79 Å². The van der Waals surface area contributed by atoms with Crippen LogP contribution in [0.1, 0.15) is 36.8 Å². The van der Waals surface area contributed by atoms with Gasteiger partial charge in [0.2, 0.25) is 5.91 Å². The lowest BCUT2D eigenvalue weighted by molar-refractivity contribution is -0.143. The maximum absolute atomic E-state index is 12.9. The molecule has 1 unspecified atom stereocenters. The topological polar surface area (TPSA) is 32.3 Å². The average Bonchev–Trinajstić information content (AvgIpc) is 2.60. The first kappa shape index (κ1) is 21.7. The molecule has 0 saturated carbocycles. The van der Waals surface area contributed by atoms with E-state index in [1.165, 1.54) is 0 Å². The molecule has 2 rings (SSSR count). The van der Waals surface area contributed by atoms with Gasteiger partial charge in [0.1, 0.15) is 5.88 Å². The molecule has 1 aliphatic rings. The summed E-state index contributed by atoms with van der Waals surface area (Å²) < 4.78 is 77.3. The van der Waals surface area contributed by atoms with Gasteiger partial charge >= 0.3 is 12.4 Å². The van der Waals surface area contributed by atoms with E-state index >= 15 is 0 Å². The van der Waals surface area contributed by atoms with Gasteiger partial charge < -0.3 is 10.2 Å². The summed E-state index contributed by atoms with van der Waals surface area (Å²) in [5.74, 6) is -0.383. The van der Waals surface area contributed by atoms with Crippen molar-refractivity contribution in [1.82, 2.24) is 4.90 Å². The number of piperidine rings is 1. The molecular weight excluding hydrogens is 398 g/mol. The molecule has 1 saturated heterocycles. The van der Waals surface area contributed by atoms with E-state index < -0.39 is 23.5 Å². The van der Waals surface area contributed by atoms with E-state index in [0.29, 0.717) is 25.1 Å². The van der Waals surface area contributed by atoms with Crippen LogP contribution >= 0.6 is 11.6 Å². The maximum atomic E-state index is 12.9. The third-order valence-corrected chi connectivity index (χ3v) is 4.68.